The Labute approximate surface area is 93.7 Å². The first-order chi connectivity index (χ1) is 7.47. The van der Waals surface area contributed by atoms with Crippen LogP contribution in [0, 0.1) is 11.7 Å². The molecule has 3 N–H and O–H groups in total. The first kappa shape index (κ1) is 11.3. The zero-order valence-electron chi connectivity index (χ0n) is 8.61. The molecule has 1 aliphatic carbocycles. The van der Waals surface area contributed by atoms with Gasteiger partial charge in [0.25, 0.3) is 0 Å². The fourth-order valence-electron chi connectivity index (χ4n) is 1.37. The Balaban J connectivity index is 2.19. The molecule has 1 aromatic carbocycles. The smallest absolute Gasteiger partial charge is 0.240 e. The quantitative estimate of drug-likeness (QED) is 0.779. The first-order valence-corrected chi connectivity index (χ1v) is 6.51. The Kier molecular flexibility index (Phi) is 2.86. The van der Waals surface area contributed by atoms with Gasteiger partial charge in [0.05, 0.1) is 4.90 Å². The van der Waals surface area contributed by atoms with Gasteiger partial charge in [-0.1, -0.05) is 0 Å². The number of hydrogen-bond donors (Lipinski definition) is 2. The van der Waals surface area contributed by atoms with Gasteiger partial charge in [-0.25, -0.2) is 17.5 Å². The van der Waals surface area contributed by atoms with E-state index in [0.717, 1.165) is 25.0 Å². The minimum absolute atomic E-state index is 0.104. The maximum absolute atomic E-state index is 13.0. The molecule has 1 fully saturated rings. The largest absolute Gasteiger partial charge is 0.399 e. The van der Waals surface area contributed by atoms with Crippen LogP contribution in [0.15, 0.2) is 23.1 Å². The molecule has 0 amide bonds. The van der Waals surface area contributed by atoms with E-state index in [1.54, 1.807) is 0 Å². The number of benzene rings is 1. The van der Waals surface area contributed by atoms with Crippen LogP contribution in [0.5, 0.6) is 0 Å². The molecule has 0 radical (unpaired) electrons. The molecule has 0 aromatic heterocycles. The van der Waals surface area contributed by atoms with Crippen molar-refractivity contribution in [2.45, 2.75) is 17.7 Å². The number of nitrogens with one attached hydrogen (secondary N) is 1. The molecule has 1 aliphatic rings. The van der Waals surface area contributed by atoms with Gasteiger partial charge in [0, 0.05) is 12.2 Å². The van der Waals surface area contributed by atoms with Gasteiger partial charge in [-0.2, -0.15) is 0 Å². The fourth-order valence-corrected chi connectivity index (χ4v) is 2.55. The molecule has 0 spiro atoms. The Morgan fingerprint density at radius 2 is 2.06 bits per heavy atom. The average Bonchev–Trinajstić information content (AvgIpc) is 2.96. The first-order valence-electron chi connectivity index (χ1n) is 5.03. The standard InChI is InChI=1S/C10H13FN2O2S/c11-8-3-9(12)5-10(4-8)16(14,15)13-6-7-1-2-7/h3-5,7,13H,1-2,6,12H2. The number of nitrogen functional groups attached to an aromatic ring is 1. The summed E-state index contributed by atoms with van der Waals surface area (Å²) < 4.78 is 38.9. The highest BCUT2D eigenvalue weighted by atomic mass is 32.2. The van der Waals surface area contributed by atoms with Crippen LogP contribution in [-0.2, 0) is 10.0 Å². The predicted octanol–water partition coefficient (Wildman–Crippen LogP) is 1.10. The van der Waals surface area contributed by atoms with Gasteiger partial charge in [0.1, 0.15) is 5.82 Å². The van der Waals surface area contributed by atoms with Gasteiger partial charge in [-0.05, 0) is 37.0 Å². The molecular weight excluding hydrogens is 231 g/mol. The summed E-state index contributed by atoms with van der Waals surface area (Å²) in [5, 5.41) is 0. The minimum atomic E-state index is -3.63. The van der Waals surface area contributed by atoms with Gasteiger partial charge in [-0.3, -0.25) is 0 Å². The van der Waals surface area contributed by atoms with Crippen molar-refractivity contribution in [2.24, 2.45) is 5.92 Å². The summed E-state index contributed by atoms with van der Waals surface area (Å²) >= 11 is 0. The van der Waals surface area contributed by atoms with E-state index < -0.39 is 15.8 Å². The van der Waals surface area contributed by atoms with E-state index in [9.17, 15) is 12.8 Å². The molecule has 0 bridgehead atoms. The molecule has 88 valence electrons. The van der Waals surface area contributed by atoms with Crippen molar-refractivity contribution in [1.82, 2.24) is 4.72 Å². The fraction of sp³-hybridized carbons (Fsp3) is 0.400. The summed E-state index contributed by atoms with van der Waals surface area (Å²) in [6, 6.07) is 3.30. The lowest BCUT2D eigenvalue weighted by atomic mass is 10.3. The third-order valence-electron chi connectivity index (χ3n) is 2.46. The Morgan fingerprint density at radius 3 is 2.62 bits per heavy atom. The van der Waals surface area contributed by atoms with Gasteiger partial charge in [-0.15, -0.1) is 0 Å². The third kappa shape index (κ3) is 2.70. The average molecular weight is 244 g/mol. The van der Waals surface area contributed by atoms with Crippen molar-refractivity contribution >= 4 is 15.7 Å². The van der Waals surface area contributed by atoms with Crippen LogP contribution in [0.4, 0.5) is 10.1 Å². The summed E-state index contributed by atoms with van der Waals surface area (Å²) in [5.41, 5.74) is 5.50. The van der Waals surface area contributed by atoms with Crippen LogP contribution in [0.2, 0.25) is 0 Å². The van der Waals surface area contributed by atoms with E-state index in [1.165, 1.54) is 6.07 Å². The number of halogens is 1. The summed E-state index contributed by atoms with van der Waals surface area (Å²) in [6.07, 6.45) is 2.10. The molecule has 0 atom stereocenters. The second kappa shape index (κ2) is 4.03. The van der Waals surface area contributed by atoms with Gasteiger partial charge in [0.15, 0.2) is 0 Å². The van der Waals surface area contributed by atoms with Crippen molar-refractivity contribution < 1.29 is 12.8 Å². The van der Waals surface area contributed by atoms with Crippen LogP contribution in [0.25, 0.3) is 0 Å². The van der Waals surface area contributed by atoms with Crippen molar-refractivity contribution in [3.8, 4) is 0 Å². The van der Waals surface area contributed by atoms with Crippen LogP contribution in [0.1, 0.15) is 12.8 Å². The number of nitrogens with two attached hydrogens (primary N) is 1. The van der Waals surface area contributed by atoms with Crippen molar-refractivity contribution in [3.63, 3.8) is 0 Å². The summed E-state index contributed by atoms with van der Waals surface area (Å²) in [5.74, 6) is -0.215. The lowest BCUT2D eigenvalue weighted by Gasteiger charge is -2.06. The molecule has 4 nitrogen and oxygen atoms in total. The summed E-state index contributed by atoms with van der Waals surface area (Å²) in [6.45, 7) is 0.415. The molecule has 0 heterocycles. The highest BCUT2D eigenvalue weighted by Crippen LogP contribution is 2.28. The monoisotopic (exact) mass is 244 g/mol. The Hall–Kier alpha value is -1.14. The van der Waals surface area contributed by atoms with E-state index >= 15 is 0 Å². The molecule has 16 heavy (non-hydrogen) atoms. The molecule has 0 aliphatic heterocycles. The Bertz CT molecular complexity index is 477. The molecule has 0 unspecified atom stereocenters. The minimum Gasteiger partial charge on any atom is -0.399 e. The predicted molar refractivity (Wildman–Crippen MR) is 58.7 cm³/mol. The lowest BCUT2D eigenvalue weighted by molar-refractivity contribution is 0.574. The zero-order chi connectivity index (χ0) is 11.8. The maximum atomic E-state index is 13.0. The Morgan fingerprint density at radius 1 is 1.38 bits per heavy atom. The maximum Gasteiger partial charge on any atom is 0.240 e. The van der Waals surface area contributed by atoms with Gasteiger partial charge < -0.3 is 5.73 Å². The number of anilines is 1. The summed E-state index contributed by atoms with van der Waals surface area (Å²) in [7, 11) is -3.63. The normalized spacial score (nSPS) is 16.3. The number of hydrogen-bond acceptors (Lipinski definition) is 3. The van der Waals surface area contributed by atoms with Crippen LogP contribution < -0.4 is 10.5 Å². The van der Waals surface area contributed by atoms with Gasteiger partial charge >= 0.3 is 0 Å². The van der Waals surface area contributed by atoms with Gasteiger partial charge in [0.2, 0.25) is 10.0 Å². The van der Waals surface area contributed by atoms with Crippen LogP contribution in [-0.4, -0.2) is 15.0 Å². The molecule has 0 saturated heterocycles. The van der Waals surface area contributed by atoms with E-state index in [2.05, 4.69) is 4.72 Å². The molecule has 2 rings (SSSR count). The van der Waals surface area contributed by atoms with Crippen molar-refractivity contribution in [3.05, 3.63) is 24.0 Å². The van der Waals surface area contributed by atoms with Crippen LogP contribution >= 0.6 is 0 Å². The van der Waals surface area contributed by atoms with Crippen molar-refractivity contribution in [2.75, 3.05) is 12.3 Å². The topological polar surface area (TPSA) is 72.2 Å². The second-order valence-corrected chi connectivity index (χ2v) is 5.78. The second-order valence-electron chi connectivity index (χ2n) is 4.02. The van der Waals surface area contributed by atoms with E-state index in [0.29, 0.717) is 12.5 Å². The zero-order valence-corrected chi connectivity index (χ0v) is 9.43. The highest BCUT2D eigenvalue weighted by molar-refractivity contribution is 7.89. The van der Waals surface area contributed by atoms with Crippen molar-refractivity contribution in [1.29, 1.82) is 0 Å². The van der Waals surface area contributed by atoms with E-state index in [4.69, 9.17) is 5.73 Å². The third-order valence-corrected chi connectivity index (χ3v) is 3.87. The SMILES string of the molecule is Nc1cc(F)cc(S(=O)(=O)NCC2CC2)c1. The number of sulfonamides is 1. The lowest BCUT2D eigenvalue weighted by Crippen LogP contribution is -2.26. The van der Waals surface area contributed by atoms with Crippen LogP contribution in [0.3, 0.4) is 0 Å². The summed E-state index contributed by atoms with van der Waals surface area (Å²) in [4.78, 5) is -0.120. The molecule has 1 saturated carbocycles. The molecule has 1 aromatic rings. The molecular formula is C10H13FN2O2S. The number of rotatable bonds is 4. The highest BCUT2D eigenvalue weighted by Gasteiger charge is 2.24. The van der Waals surface area contributed by atoms with E-state index in [-0.39, 0.29) is 10.6 Å². The molecule has 6 heteroatoms. The van der Waals surface area contributed by atoms with E-state index in [1.807, 2.05) is 0 Å².